The normalized spacial score (nSPS) is 11.1. The van der Waals surface area contributed by atoms with E-state index in [1.165, 1.54) is 6.07 Å². The van der Waals surface area contributed by atoms with Gasteiger partial charge in [0.1, 0.15) is 0 Å². The van der Waals surface area contributed by atoms with Crippen molar-refractivity contribution in [1.82, 2.24) is 0 Å². The van der Waals surface area contributed by atoms with Gasteiger partial charge in [-0.1, -0.05) is 15.9 Å². The third-order valence-electron chi connectivity index (χ3n) is 2.10. The molecule has 6 heteroatoms. The molecule has 0 bridgehead atoms. The molecule has 0 radical (unpaired) electrons. The SMILES string of the molecule is CC(C)(N)CC(=O)Nc1cc(Br)ccc1C(=O)O. The van der Waals surface area contributed by atoms with E-state index in [0.717, 1.165) is 0 Å². The first-order valence-corrected chi connectivity index (χ1v) is 6.10. The number of anilines is 1. The van der Waals surface area contributed by atoms with Crippen LogP contribution in [-0.4, -0.2) is 22.5 Å². The number of amides is 1. The van der Waals surface area contributed by atoms with Gasteiger partial charge in [-0.15, -0.1) is 0 Å². The molecule has 0 saturated carbocycles. The molecule has 4 N–H and O–H groups in total. The topological polar surface area (TPSA) is 92.4 Å². The Bertz CT molecular complexity index is 481. The van der Waals surface area contributed by atoms with Gasteiger partial charge >= 0.3 is 5.97 Å². The molecular formula is C12H15BrN2O3. The van der Waals surface area contributed by atoms with Gasteiger partial charge in [0.15, 0.2) is 0 Å². The number of carboxylic acids is 1. The molecule has 1 amide bonds. The Hall–Kier alpha value is -1.40. The van der Waals surface area contributed by atoms with E-state index in [1.54, 1.807) is 26.0 Å². The molecule has 0 aliphatic heterocycles. The van der Waals surface area contributed by atoms with Gasteiger partial charge in [0.2, 0.25) is 5.91 Å². The fourth-order valence-corrected chi connectivity index (χ4v) is 1.78. The largest absolute Gasteiger partial charge is 0.478 e. The maximum Gasteiger partial charge on any atom is 0.337 e. The number of halogens is 1. The fraction of sp³-hybridized carbons (Fsp3) is 0.333. The summed E-state index contributed by atoms with van der Waals surface area (Å²) in [7, 11) is 0. The van der Waals surface area contributed by atoms with Gasteiger partial charge in [-0.2, -0.15) is 0 Å². The summed E-state index contributed by atoms with van der Waals surface area (Å²) in [6, 6.07) is 4.58. The molecule has 0 aliphatic rings. The molecular weight excluding hydrogens is 300 g/mol. The minimum atomic E-state index is -1.09. The Morgan fingerprint density at radius 2 is 2.06 bits per heavy atom. The Balaban J connectivity index is 2.93. The molecule has 98 valence electrons. The van der Waals surface area contributed by atoms with Crippen LogP contribution in [0.15, 0.2) is 22.7 Å². The number of benzene rings is 1. The highest BCUT2D eigenvalue weighted by Gasteiger charge is 2.18. The highest BCUT2D eigenvalue weighted by atomic mass is 79.9. The zero-order valence-corrected chi connectivity index (χ0v) is 11.7. The van der Waals surface area contributed by atoms with Gasteiger partial charge in [0.05, 0.1) is 11.3 Å². The Labute approximate surface area is 113 Å². The van der Waals surface area contributed by atoms with Gasteiger partial charge in [-0.05, 0) is 32.0 Å². The van der Waals surface area contributed by atoms with E-state index in [4.69, 9.17) is 10.8 Å². The van der Waals surface area contributed by atoms with Gasteiger partial charge in [-0.25, -0.2) is 4.79 Å². The maximum atomic E-state index is 11.7. The Morgan fingerprint density at radius 1 is 1.44 bits per heavy atom. The number of rotatable bonds is 4. The maximum absolute atomic E-state index is 11.7. The van der Waals surface area contributed by atoms with E-state index < -0.39 is 11.5 Å². The summed E-state index contributed by atoms with van der Waals surface area (Å²) in [5.41, 5.74) is 5.39. The van der Waals surface area contributed by atoms with Gasteiger partial charge in [-0.3, -0.25) is 4.79 Å². The van der Waals surface area contributed by atoms with Gasteiger partial charge in [0.25, 0.3) is 0 Å². The second-order valence-electron chi connectivity index (χ2n) is 4.71. The summed E-state index contributed by atoms with van der Waals surface area (Å²) in [4.78, 5) is 22.7. The molecule has 0 unspecified atom stereocenters. The van der Waals surface area contributed by atoms with Crippen LogP contribution in [0.5, 0.6) is 0 Å². The molecule has 1 rings (SSSR count). The molecule has 0 aromatic heterocycles. The number of nitrogens with one attached hydrogen (secondary N) is 1. The first-order valence-electron chi connectivity index (χ1n) is 5.30. The van der Waals surface area contributed by atoms with Gasteiger partial charge < -0.3 is 16.2 Å². The predicted octanol–water partition coefficient (Wildman–Crippen LogP) is 2.21. The molecule has 0 saturated heterocycles. The lowest BCUT2D eigenvalue weighted by atomic mass is 10.0. The van der Waals surface area contributed by atoms with Crippen molar-refractivity contribution in [3.63, 3.8) is 0 Å². The Kier molecular flexibility index (Phi) is 4.48. The third-order valence-corrected chi connectivity index (χ3v) is 2.60. The minimum absolute atomic E-state index is 0.0429. The van der Waals surface area contributed by atoms with Crippen LogP contribution in [-0.2, 0) is 4.79 Å². The smallest absolute Gasteiger partial charge is 0.337 e. The van der Waals surface area contributed by atoms with E-state index in [1.807, 2.05) is 0 Å². The van der Waals surface area contributed by atoms with E-state index in [9.17, 15) is 9.59 Å². The average Bonchev–Trinajstić information content (AvgIpc) is 2.13. The molecule has 5 nitrogen and oxygen atoms in total. The number of aromatic carboxylic acids is 1. The van der Waals surface area contributed by atoms with E-state index in [0.29, 0.717) is 4.47 Å². The lowest BCUT2D eigenvalue weighted by Gasteiger charge is -2.18. The van der Waals surface area contributed by atoms with Crippen LogP contribution >= 0.6 is 15.9 Å². The van der Waals surface area contributed by atoms with Crippen molar-refractivity contribution in [3.05, 3.63) is 28.2 Å². The highest BCUT2D eigenvalue weighted by Crippen LogP contribution is 2.22. The monoisotopic (exact) mass is 314 g/mol. The second kappa shape index (κ2) is 5.49. The van der Waals surface area contributed by atoms with Crippen LogP contribution in [0, 0.1) is 0 Å². The molecule has 1 aromatic carbocycles. The number of carboxylic acid groups (broad SMARTS) is 1. The minimum Gasteiger partial charge on any atom is -0.478 e. The zero-order chi connectivity index (χ0) is 13.9. The summed E-state index contributed by atoms with van der Waals surface area (Å²) < 4.78 is 0.690. The lowest BCUT2D eigenvalue weighted by molar-refractivity contribution is -0.117. The number of carbonyl (C=O) groups excluding carboxylic acids is 1. The van der Waals surface area contributed by atoms with Crippen LogP contribution in [0.3, 0.4) is 0 Å². The van der Waals surface area contributed by atoms with Crippen molar-refractivity contribution in [3.8, 4) is 0 Å². The number of nitrogens with two attached hydrogens (primary N) is 1. The van der Waals surface area contributed by atoms with E-state index in [-0.39, 0.29) is 23.6 Å². The van der Waals surface area contributed by atoms with Gasteiger partial charge in [0, 0.05) is 16.4 Å². The van der Waals surface area contributed by atoms with Crippen LogP contribution in [0.2, 0.25) is 0 Å². The van der Waals surface area contributed by atoms with Crippen molar-refractivity contribution in [2.45, 2.75) is 25.8 Å². The second-order valence-corrected chi connectivity index (χ2v) is 5.62. The van der Waals surface area contributed by atoms with E-state index >= 15 is 0 Å². The summed E-state index contributed by atoms with van der Waals surface area (Å²) in [6.07, 6.45) is 0.110. The lowest BCUT2D eigenvalue weighted by Crippen LogP contribution is -2.36. The van der Waals surface area contributed by atoms with Crippen LogP contribution in [0.1, 0.15) is 30.6 Å². The first kappa shape index (κ1) is 14.7. The van der Waals surface area contributed by atoms with E-state index in [2.05, 4.69) is 21.2 Å². The van der Waals surface area contributed by atoms with Crippen LogP contribution in [0.25, 0.3) is 0 Å². The Morgan fingerprint density at radius 3 is 2.56 bits per heavy atom. The quantitative estimate of drug-likeness (QED) is 0.794. The molecule has 0 fully saturated rings. The summed E-state index contributed by atoms with van der Waals surface area (Å²) in [5.74, 6) is -1.41. The number of carbonyl (C=O) groups is 2. The zero-order valence-electron chi connectivity index (χ0n) is 10.2. The third kappa shape index (κ3) is 4.46. The van der Waals surface area contributed by atoms with Crippen LogP contribution < -0.4 is 11.1 Å². The number of hydrogen-bond donors (Lipinski definition) is 3. The standard InChI is InChI=1S/C12H15BrN2O3/c1-12(2,14)6-10(16)15-9-5-7(13)3-4-8(9)11(17)18/h3-5H,6,14H2,1-2H3,(H,15,16)(H,17,18). The molecule has 18 heavy (non-hydrogen) atoms. The van der Waals surface area contributed by atoms with Crippen molar-refractivity contribution < 1.29 is 14.7 Å². The van der Waals surface area contributed by atoms with Crippen molar-refractivity contribution in [2.24, 2.45) is 5.73 Å². The highest BCUT2D eigenvalue weighted by molar-refractivity contribution is 9.10. The molecule has 0 heterocycles. The average molecular weight is 315 g/mol. The van der Waals surface area contributed by atoms with Crippen LogP contribution in [0.4, 0.5) is 5.69 Å². The predicted molar refractivity (Wildman–Crippen MR) is 72.6 cm³/mol. The summed E-state index contributed by atoms with van der Waals surface area (Å²) in [6.45, 7) is 3.46. The first-order chi connectivity index (χ1) is 8.19. The molecule has 0 atom stereocenters. The van der Waals surface area contributed by atoms with Crippen molar-refractivity contribution >= 4 is 33.5 Å². The molecule has 1 aromatic rings. The molecule has 0 aliphatic carbocycles. The summed E-state index contributed by atoms with van der Waals surface area (Å²) in [5, 5.41) is 11.6. The fourth-order valence-electron chi connectivity index (χ4n) is 1.41. The number of hydrogen-bond acceptors (Lipinski definition) is 3. The van der Waals surface area contributed by atoms with Crippen molar-refractivity contribution in [1.29, 1.82) is 0 Å². The van der Waals surface area contributed by atoms with Crippen molar-refractivity contribution in [2.75, 3.05) is 5.32 Å². The summed E-state index contributed by atoms with van der Waals surface area (Å²) >= 11 is 3.23. The molecule has 0 spiro atoms.